The van der Waals surface area contributed by atoms with Crippen LogP contribution in [-0.4, -0.2) is 20.6 Å². The first kappa shape index (κ1) is 16.5. The summed E-state index contributed by atoms with van der Waals surface area (Å²) in [5.74, 6) is 0.247. The minimum absolute atomic E-state index is 0.219. The molecular formula is C19H15N5O3. The first-order valence-corrected chi connectivity index (χ1v) is 8.16. The number of nitrogens with one attached hydrogen (secondary N) is 2. The van der Waals surface area contributed by atoms with Crippen LogP contribution in [0.1, 0.15) is 10.4 Å². The average Bonchev–Trinajstić information content (AvgIpc) is 3.19. The molecule has 0 atom stereocenters. The van der Waals surface area contributed by atoms with Crippen molar-refractivity contribution >= 4 is 34.3 Å². The summed E-state index contributed by atoms with van der Waals surface area (Å²) in [6.07, 6.45) is 1.37. The smallest absolute Gasteiger partial charge is 0.293 e. The summed E-state index contributed by atoms with van der Waals surface area (Å²) in [5, 5.41) is 9.26. The van der Waals surface area contributed by atoms with Crippen LogP contribution in [0, 0.1) is 0 Å². The van der Waals surface area contributed by atoms with Gasteiger partial charge in [-0.05, 0) is 36.4 Å². The van der Waals surface area contributed by atoms with E-state index in [9.17, 15) is 9.59 Å². The van der Waals surface area contributed by atoms with Gasteiger partial charge >= 0.3 is 0 Å². The number of benzene rings is 2. The van der Waals surface area contributed by atoms with E-state index in [-0.39, 0.29) is 17.3 Å². The van der Waals surface area contributed by atoms with Gasteiger partial charge in [0.05, 0.1) is 11.0 Å². The molecule has 2 heterocycles. The molecule has 0 aliphatic rings. The molecule has 0 aliphatic carbocycles. The van der Waals surface area contributed by atoms with Crippen LogP contribution in [0.15, 0.2) is 70.2 Å². The van der Waals surface area contributed by atoms with Crippen molar-refractivity contribution in [2.75, 3.05) is 10.6 Å². The molecule has 4 rings (SSSR count). The molecule has 0 aliphatic heterocycles. The number of hydrogen-bond donors (Lipinski definition) is 2. The molecular weight excluding hydrogens is 346 g/mol. The second kappa shape index (κ2) is 6.75. The van der Waals surface area contributed by atoms with Gasteiger partial charge in [-0.1, -0.05) is 17.3 Å². The number of aryl methyl sites for hydroxylation is 1. The predicted octanol–water partition coefficient (Wildman–Crippen LogP) is 2.92. The van der Waals surface area contributed by atoms with Crippen LogP contribution in [0.4, 0.5) is 17.3 Å². The van der Waals surface area contributed by atoms with Crippen molar-refractivity contribution in [3.63, 3.8) is 0 Å². The number of para-hydroxylation sites is 2. The van der Waals surface area contributed by atoms with Crippen LogP contribution in [0.25, 0.3) is 11.0 Å². The van der Waals surface area contributed by atoms with Crippen molar-refractivity contribution in [1.82, 2.24) is 14.7 Å². The van der Waals surface area contributed by atoms with E-state index in [1.807, 2.05) is 24.3 Å². The Labute approximate surface area is 153 Å². The summed E-state index contributed by atoms with van der Waals surface area (Å²) in [7, 11) is 1.70. The summed E-state index contributed by atoms with van der Waals surface area (Å²) >= 11 is 0. The molecule has 0 saturated carbocycles. The molecule has 0 radical (unpaired) electrons. The lowest BCUT2D eigenvalue weighted by atomic mass is 10.2. The number of rotatable bonds is 4. The zero-order valence-corrected chi connectivity index (χ0v) is 14.3. The lowest BCUT2D eigenvalue weighted by Crippen LogP contribution is -2.21. The van der Waals surface area contributed by atoms with Crippen molar-refractivity contribution in [3.05, 3.63) is 76.8 Å². The Morgan fingerprint density at radius 3 is 2.59 bits per heavy atom. The lowest BCUT2D eigenvalue weighted by Gasteiger charge is -2.10. The highest BCUT2D eigenvalue weighted by atomic mass is 16.5. The van der Waals surface area contributed by atoms with Gasteiger partial charge < -0.3 is 19.7 Å². The molecule has 2 aromatic carbocycles. The van der Waals surface area contributed by atoms with Crippen LogP contribution < -0.4 is 16.2 Å². The number of fused-ring (bicyclic) bond motifs is 1. The number of hydrogen-bond acceptors (Lipinski definition) is 6. The highest BCUT2D eigenvalue weighted by molar-refractivity contribution is 6.03. The third-order valence-electron chi connectivity index (χ3n) is 4.07. The van der Waals surface area contributed by atoms with Crippen LogP contribution in [-0.2, 0) is 7.05 Å². The SMILES string of the molecule is Cn1c(=O)c(Nc2ccc(C(=O)Nc3ccon3)cc2)nc2ccccc21. The van der Waals surface area contributed by atoms with E-state index in [0.717, 1.165) is 5.52 Å². The van der Waals surface area contributed by atoms with Gasteiger partial charge in [-0.15, -0.1) is 0 Å². The second-order valence-electron chi connectivity index (χ2n) is 5.85. The topological polar surface area (TPSA) is 102 Å². The number of anilines is 3. The van der Waals surface area contributed by atoms with Crippen molar-refractivity contribution < 1.29 is 9.32 Å². The number of aromatic nitrogens is 3. The molecule has 134 valence electrons. The van der Waals surface area contributed by atoms with Crippen LogP contribution in [0.3, 0.4) is 0 Å². The van der Waals surface area contributed by atoms with E-state index < -0.39 is 0 Å². The normalized spacial score (nSPS) is 10.7. The van der Waals surface area contributed by atoms with Crippen molar-refractivity contribution in [3.8, 4) is 0 Å². The molecule has 0 saturated heterocycles. The van der Waals surface area contributed by atoms with Crippen LogP contribution in [0.2, 0.25) is 0 Å². The first-order chi connectivity index (χ1) is 13.1. The molecule has 8 heteroatoms. The Bertz CT molecular complexity index is 1160. The third kappa shape index (κ3) is 3.28. The highest BCUT2D eigenvalue weighted by Crippen LogP contribution is 2.16. The van der Waals surface area contributed by atoms with Gasteiger partial charge in [0, 0.05) is 24.4 Å². The minimum atomic E-state index is -0.310. The minimum Gasteiger partial charge on any atom is -0.363 e. The zero-order chi connectivity index (χ0) is 18.8. The number of nitrogens with zero attached hydrogens (tertiary/aromatic N) is 3. The Kier molecular flexibility index (Phi) is 4.13. The molecule has 0 bridgehead atoms. The first-order valence-electron chi connectivity index (χ1n) is 8.16. The van der Waals surface area contributed by atoms with Gasteiger partial charge in [-0.3, -0.25) is 9.59 Å². The molecule has 2 aromatic heterocycles. The summed E-state index contributed by atoms with van der Waals surface area (Å²) in [4.78, 5) is 29.0. The second-order valence-corrected chi connectivity index (χ2v) is 5.85. The summed E-state index contributed by atoms with van der Waals surface area (Å²) in [6.45, 7) is 0. The summed E-state index contributed by atoms with van der Waals surface area (Å²) in [6, 6.07) is 15.7. The zero-order valence-electron chi connectivity index (χ0n) is 14.3. The van der Waals surface area contributed by atoms with Crippen molar-refractivity contribution in [2.45, 2.75) is 0 Å². The largest absolute Gasteiger partial charge is 0.363 e. The van der Waals surface area contributed by atoms with Crippen molar-refractivity contribution in [1.29, 1.82) is 0 Å². The molecule has 2 N–H and O–H groups in total. The van der Waals surface area contributed by atoms with Gasteiger partial charge in [-0.2, -0.15) is 0 Å². The summed E-state index contributed by atoms with van der Waals surface area (Å²) in [5.41, 5.74) is 2.33. The molecule has 0 fully saturated rings. The van der Waals surface area contributed by atoms with E-state index in [1.165, 1.54) is 6.26 Å². The Hall–Kier alpha value is -3.94. The summed E-state index contributed by atoms with van der Waals surface area (Å²) < 4.78 is 6.22. The predicted molar refractivity (Wildman–Crippen MR) is 101 cm³/mol. The number of amides is 1. The third-order valence-corrected chi connectivity index (χ3v) is 4.07. The van der Waals surface area contributed by atoms with E-state index >= 15 is 0 Å². The Balaban J connectivity index is 1.57. The van der Waals surface area contributed by atoms with Gasteiger partial charge in [0.25, 0.3) is 11.5 Å². The quantitative estimate of drug-likeness (QED) is 0.579. The fourth-order valence-corrected chi connectivity index (χ4v) is 2.67. The van der Waals surface area contributed by atoms with Gasteiger partial charge in [0.2, 0.25) is 0 Å². The maximum atomic E-state index is 12.5. The van der Waals surface area contributed by atoms with Gasteiger partial charge in [-0.25, -0.2) is 4.98 Å². The molecule has 27 heavy (non-hydrogen) atoms. The lowest BCUT2D eigenvalue weighted by molar-refractivity contribution is 0.102. The van der Waals surface area contributed by atoms with Crippen molar-refractivity contribution in [2.24, 2.45) is 7.05 Å². The van der Waals surface area contributed by atoms with E-state index in [0.29, 0.717) is 22.6 Å². The molecule has 0 unspecified atom stereocenters. The monoisotopic (exact) mass is 361 g/mol. The fraction of sp³-hybridized carbons (Fsp3) is 0.0526. The Morgan fingerprint density at radius 2 is 1.85 bits per heavy atom. The molecule has 0 spiro atoms. The van der Waals surface area contributed by atoms with E-state index in [1.54, 1.807) is 41.9 Å². The number of carbonyl (C=O) groups is 1. The molecule has 1 amide bonds. The van der Waals surface area contributed by atoms with E-state index in [2.05, 4.69) is 25.3 Å². The highest BCUT2D eigenvalue weighted by Gasteiger charge is 2.10. The average molecular weight is 361 g/mol. The molecule has 4 aromatic rings. The van der Waals surface area contributed by atoms with Crippen LogP contribution in [0.5, 0.6) is 0 Å². The van der Waals surface area contributed by atoms with Crippen LogP contribution >= 0.6 is 0 Å². The molecule has 8 nitrogen and oxygen atoms in total. The Morgan fingerprint density at radius 1 is 1.07 bits per heavy atom. The fourth-order valence-electron chi connectivity index (χ4n) is 2.67. The standard InChI is InChI=1S/C19H15N5O3/c1-24-15-5-3-2-4-14(15)21-17(19(24)26)20-13-8-6-12(7-9-13)18(25)22-16-10-11-27-23-16/h2-11H,1H3,(H,20,21)(H,22,23,25). The maximum Gasteiger partial charge on any atom is 0.293 e. The van der Waals surface area contributed by atoms with Gasteiger partial charge in [0.15, 0.2) is 11.6 Å². The van der Waals surface area contributed by atoms with E-state index in [4.69, 9.17) is 0 Å². The number of carbonyl (C=O) groups excluding carboxylic acids is 1. The maximum absolute atomic E-state index is 12.5. The van der Waals surface area contributed by atoms with Gasteiger partial charge in [0.1, 0.15) is 6.26 Å².